The van der Waals surface area contributed by atoms with Crippen molar-refractivity contribution >= 4 is 11.6 Å². The van der Waals surface area contributed by atoms with Crippen LogP contribution in [0.3, 0.4) is 0 Å². The molecule has 1 N–H and O–H groups in total. The van der Waals surface area contributed by atoms with Crippen LogP contribution in [0.15, 0.2) is 45.8 Å². The molecule has 0 unspecified atom stereocenters. The molecule has 9 heteroatoms. The quantitative estimate of drug-likeness (QED) is 0.812. The molecule has 0 atom stereocenters. The van der Waals surface area contributed by atoms with Crippen molar-refractivity contribution in [1.29, 1.82) is 0 Å². The van der Waals surface area contributed by atoms with E-state index in [9.17, 15) is 22.8 Å². The van der Waals surface area contributed by atoms with Crippen molar-refractivity contribution in [2.75, 3.05) is 25.0 Å². The van der Waals surface area contributed by atoms with Gasteiger partial charge in [-0.1, -0.05) is 6.07 Å². The maximum absolute atomic E-state index is 12.7. The molecule has 2 aromatic rings. The number of nitrogens with zero attached hydrogens (tertiary/aromatic N) is 1. The lowest BCUT2D eigenvalue weighted by Gasteiger charge is -2.13. The number of hydrogen-bond donors (Lipinski definition) is 1. The molecule has 1 aromatic heterocycles. The Morgan fingerprint density at radius 1 is 1.21 bits per heavy atom. The third kappa shape index (κ3) is 5.35. The lowest BCUT2D eigenvalue weighted by molar-refractivity contribution is -0.137. The molecule has 1 aromatic carbocycles. The average Bonchev–Trinajstić information content (AvgIpc) is 3.13. The summed E-state index contributed by atoms with van der Waals surface area (Å²) in [5.74, 6) is -0.322. The summed E-state index contributed by atoms with van der Waals surface area (Å²) in [6.45, 7) is 1.91. The summed E-state index contributed by atoms with van der Waals surface area (Å²) >= 11 is 0. The van der Waals surface area contributed by atoms with Crippen LogP contribution in [0, 0.1) is 0 Å². The minimum atomic E-state index is -4.51. The molecular weight excluding hydrogens is 377 g/mol. The van der Waals surface area contributed by atoms with Gasteiger partial charge >= 0.3 is 6.18 Å². The van der Waals surface area contributed by atoms with Crippen LogP contribution in [0.2, 0.25) is 0 Å². The molecule has 0 radical (unpaired) electrons. The average molecular weight is 396 g/mol. The first-order valence-electron chi connectivity index (χ1n) is 8.75. The lowest BCUT2D eigenvalue weighted by atomic mass is 10.2. The van der Waals surface area contributed by atoms with Gasteiger partial charge < -0.3 is 14.5 Å². The highest BCUT2D eigenvalue weighted by atomic mass is 19.4. The molecule has 6 nitrogen and oxygen atoms in total. The van der Waals surface area contributed by atoms with E-state index in [0.717, 1.165) is 44.3 Å². The monoisotopic (exact) mass is 396 g/mol. The number of carbonyl (C=O) groups excluding carboxylic acids is 1. The van der Waals surface area contributed by atoms with Crippen LogP contribution in [0.5, 0.6) is 5.75 Å². The number of nitrogens with one attached hydrogen (secondary N) is 1. The Kier molecular flexibility index (Phi) is 6.03. The minimum Gasteiger partial charge on any atom is -0.477 e. The molecule has 150 valence electrons. The van der Waals surface area contributed by atoms with Crippen LogP contribution in [-0.2, 0) is 17.5 Å². The van der Waals surface area contributed by atoms with E-state index in [-0.39, 0.29) is 11.4 Å². The molecule has 1 saturated heterocycles. The van der Waals surface area contributed by atoms with Gasteiger partial charge in [0.25, 0.3) is 5.91 Å². The molecule has 1 aliphatic rings. The smallest absolute Gasteiger partial charge is 0.416 e. The van der Waals surface area contributed by atoms with Crippen LogP contribution in [0.1, 0.15) is 24.2 Å². The predicted octanol–water partition coefficient (Wildman–Crippen LogP) is 3.27. The molecule has 1 aliphatic heterocycles. The number of hydrogen-bond acceptors (Lipinski definition) is 5. The highest BCUT2D eigenvalue weighted by molar-refractivity contribution is 5.91. The number of anilines is 1. The minimum absolute atomic E-state index is 0.0172. The van der Waals surface area contributed by atoms with Gasteiger partial charge in [0.15, 0.2) is 6.61 Å². The van der Waals surface area contributed by atoms with Crippen molar-refractivity contribution in [3.63, 3.8) is 0 Å². The summed E-state index contributed by atoms with van der Waals surface area (Å²) in [5, 5.41) is 2.30. The highest BCUT2D eigenvalue weighted by Crippen LogP contribution is 2.30. The number of benzene rings is 1. The molecule has 3 rings (SSSR count). The van der Waals surface area contributed by atoms with Gasteiger partial charge in [-0.05, 0) is 44.1 Å². The molecule has 2 heterocycles. The number of likely N-dealkylation sites (tertiary alicyclic amines) is 1. The largest absolute Gasteiger partial charge is 0.477 e. The second-order valence-electron chi connectivity index (χ2n) is 6.47. The number of alkyl halides is 3. The lowest BCUT2D eigenvalue weighted by Crippen LogP contribution is -2.23. The SMILES string of the molecule is O=C(COc1coc(CN2CCCC2)cc1=O)Nc1cccc(C(F)(F)F)c1. The van der Waals surface area contributed by atoms with E-state index in [0.29, 0.717) is 12.3 Å². The molecule has 1 amide bonds. The maximum Gasteiger partial charge on any atom is 0.416 e. The number of carbonyl (C=O) groups is 1. The first-order valence-corrected chi connectivity index (χ1v) is 8.75. The van der Waals surface area contributed by atoms with Crippen molar-refractivity contribution in [3.05, 3.63) is 58.1 Å². The fraction of sp³-hybridized carbons (Fsp3) is 0.368. The van der Waals surface area contributed by atoms with Crippen molar-refractivity contribution < 1.29 is 27.1 Å². The fourth-order valence-electron chi connectivity index (χ4n) is 2.90. The second-order valence-corrected chi connectivity index (χ2v) is 6.47. The highest BCUT2D eigenvalue weighted by Gasteiger charge is 2.30. The summed E-state index contributed by atoms with van der Waals surface area (Å²) in [7, 11) is 0. The molecule has 28 heavy (non-hydrogen) atoms. The van der Waals surface area contributed by atoms with E-state index >= 15 is 0 Å². The number of rotatable bonds is 6. The summed E-state index contributed by atoms with van der Waals surface area (Å²) in [6, 6.07) is 5.56. The van der Waals surface area contributed by atoms with E-state index < -0.39 is 29.7 Å². The Hall–Kier alpha value is -2.81. The van der Waals surface area contributed by atoms with Crippen LogP contribution in [0.4, 0.5) is 18.9 Å². The van der Waals surface area contributed by atoms with E-state index in [1.165, 1.54) is 18.2 Å². The number of amides is 1. The third-order valence-electron chi connectivity index (χ3n) is 4.26. The van der Waals surface area contributed by atoms with Crippen LogP contribution >= 0.6 is 0 Å². The van der Waals surface area contributed by atoms with E-state index in [1.807, 2.05) is 0 Å². The molecule has 0 spiro atoms. The molecule has 0 saturated carbocycles. The van der Waals surface area contributed by atoms with Gasteiger partial charge in [0.1, 0.15) is 12.0 Å². The topological polar surface area (TPSA) is 71.8 Å². The first kappa shape index (κ1) is 19.9. The standard InChI is InChI=1S/C19H19F3N2O4/c20-19(21,22)13-4-3-5-14(8-13)23-18(26)12-28-17-11-27-15(9-16(17)25)10-24-6-1-2-7-24/h3-5,8-9,11H,1-2,6-7,10,12H2,(H,23,26). The van der Waals surface area contributed by atoms with Crippen molar-refractivity contribution in [1.82, 2.24) is 4.90 Å². The van der Waals surface area contributed by atoms with Gasteiger partial charge in [-0.2, -0.15) is 13.2 Å². The van der Waals surface area contributed by atoms with Gasteiger partial charge in [0, 0.05) is 11.8 Å². The Bertz CT molecular complexity index is 889. The summed E-state index contributed by atoms with van der Waals surface area (Å²) in [4.78, 5) is 26.1. The van der Waals surface area contributed by atoms with Gasteiger partial charge in [-0.15, -0.1) is 0 Å². The zero-order valence-electron chi connectivity index (χ0n) is 14.9. The maximum atomic E-state index is 12.7. The Balaban J connectivity index is 1.55. The van der Waals surface area contributed by atoms with Crippen molar-refractivity contribution in [2.45, 2.75) is 25.6 Å². The van der Waals surface area contributed by atoms with E-state index in [4.69, 9.17) is 9.15 Å². The second kappa shape index (κ2) is 8.47. The van der Waals surface area contributed by atoms with E-state index in [1.54, 1.807) is 0 Å². The Labute approximate surface area is 158 Å². The zero-order valence-corrected chi connectivity index (χ0v) is 14.9. The van der Waals surface area contributed by atoms with Gasteiger partial charge in [-0.3, -0.25) is 14.5 Å². The van der Waals surface area contributed by atoms with Crippen molar-refractivity contribution in [3.8, 4) is 5.75 Å². The molecule has 0 aliphatic carbocycles. The third-order valence-corrected chi connectivity index (χ3v) is 4.26. The van der Waals surface area contributed by atoms with Gasteiger partial charge in [0.05, 0.1) is 12.1 Å². The van der Waals surface area contributed by atoms with E-state index in [2.05, 4.69) is 10.2 Å². The Morgan fingerprint density at radius 2 is 1.96 bits per heavy atom. The van der Waals surface area contributed by atoms with Gasteiger partial charge in [0.2, 0.25) is 11.2 Å². The number of halogens is 3. The van der Waals surface area contributed by atoms with Gasteiger partial charge in [-0.25, -0.2) is 0 Å². The van der Waals surface area contributed by atoms with Crippen LogP contribution in [0.25, 0.3) is 0 Å². The molecular formula is C19H19F3N2O4. The summed E-state index contributed by atoms with van der Waals surface area (Å²) in [5.41, 5.74) is -1.32. The van der Waals surface area contributed by atoms with Crippen LogP contribution < -0.4 is 15.5 Å². The molecule has 1 fully saturated rings. The van der Waals surface area contributed by atoms with Crippen LogP contribution in [-0.4, -0.2) is 30.5 Å². The summed E-state index contributed by atoms with van der Waals surface area (Å²) < 4.78 is 48.6. The normalized spacial score (nSPS) is 14.8. The molecule has 0 bridgehead atoms. The first-order chi connectivity index (χ1) is 13.3. The summed E-state index contributed by atoms with van der Waals surface area (Å²) in [6.07, 6.45) is -1.13. The van der Waals surface area contributed by atoms with Crippen molar-refractivity contribution in [2.24, 2.45) is 0 Å². The Morgan fingerprint density at radius 3 is 2.64 bits per heavy atom. The predicted molar refractivity (Wildman–Crippen MR) is 95.1 cm³/mol. The fourth-order valence-corrected chi connectivity index (χ4v) is 2.90. The number of ether oxygens (including phenoxy) is 1. The zero-order chi connectivity index (χ0) is 20.1.